The highest BCUT2D eigenvalue weighted by molar-refractivity contribution is 7.92. The van der Waals surface area contributed by atoms with Crippen molar-refractivity contribution in [2.45, 2.75) is 18.7 Å². The van der Waals surface area contributed by atoms with Gasteiger partial charge in [-0.2, -0.15) is 0 Å². The van der Waals surface area contributed by atoms with Gasteiger partial charge in [0, 0.05) is 5.02 Å². The molecular formula is C17H16ClN3O4S. The number of carbonyl (C=O) groups is 2. The lowest BCUT2D eigenvalue weighted by Gasteiger charge is -2.12. The van der Waals surface area contributed by atoms with Crippen molar-refractivity contribution in [3.63, 3.8) is 0 Å². The van der Waals surface area contributed by atoms with E-state index in [0.29, 0.717) is 16.4 Å². The van der Waals surface area contributed by atoms with E-state index in [0.717, 1.165) is 5.56 Å². The second-order valence-electron chi connectivity index (χ2n) is 5.98. The molecule has 0 fully saturated rings. The molecule has 1 atom stereocenters. The van der Waals surface area contributed by atoms with E-state index in [-0.39, 0.29) is 10.6 Å². The normalized spacial score (nSPS) is 17.0. The summed E-state index contributed by atoms with van der Waals surface area (Å²) in [6.45, 7) is 3.28. The van der Waals surface area contributed by atoms with Gasteiger partial charge in [-0.3, -0.25) is 14.3 Å². The molecule has 2 aromatic carbocycles. The lowest BCUT2D eigenvalue weighted by molar-refractivity contribution is -0.128. The van der Waals surface area contributed by atoms with Gasteiger partial charge in [-0.1, -0.05) is 17.7 Å². The Bertz CT molecular complexity index is 1020. The number of halogens is 1. The second kappa shape index (κ2) is 6.62. The van der Waals surface area contributed by atoms with Crippen LogP contribution in [0.4, 0.5) is 17.1 Å². The molecule has 0 aromatic heterocycles. The zero-order valence-corrected chi connectivity index (χ0v) is 15.5. The average molecular weight is 394 g/mol. The van der Waals surface area contributed by atoms with Crippen molar-refractivity contribution >= 4 is 50.5 Å². The van der Waals surface area contributed by atoms with Crippen molar-refractivity contribution in [2.75, 3.05) is 15.4 Å². The van der Waals surface area contributed by atoms with Crippen LogP contribution >= 0.6 is 11.6 Å². The minimum Gasteiger partial charge on any atom is -0.324 e. The van der Waals surface area contributed by atoms with E-state index in [1.165, 1.54) is 31.2 Å². The van der Waals surface area contributed by atoms with Gasteiger partial charge in [0.05, 0.1) is 22.0 Å². The first-order chi connectivity index (χ1) is 12.2. The molecular weight excluding hydrogens is 378 g/mol. The number of rotatable bonds is 3. The highest BCUT2D eigenvalue weighted by atomic mass is 35.5. The number of aryl methyl sites for hydroxylation is 1. The molecule has 26 heavy (non-hydrogen) atoms. The van der Waals surface area contributed by atoms with Gasteiger partial charge in [-0.15, -0.1) is 0 Å². The topological polar surface area (TPSA) is 104 Å². The van der Waals surface area contributed by atoms with Crippen LogP contribution in [0.15, 0.2) is 41.3 Å². The van der Waals surface area contributed by atoms with Crippen molar-refractivity contribution in [1.82, 2.24) is 0 Å². The average Bonchev–Trinajstić information content (AvgIpc) is 2.68. The van der Waals surface area contributed by atoms with E-state index in [1.807, 2.05) is 6.92 Å². The quantitative estimate of drug-likeness (QED) is 0.697. The van der Waals surface area contributed by atoms with E-state index < -0.39 is 27.8 Å². The molecule has 9 heteroatoms. The monoisotopic (exact) mass is 393 g/mol. The first-order valence-corrected chi connectivity index (χ1v) is 9.58. The Morgan fingerprint density at radius 3 is 2.31 bits per heavy atom. The molecule has 1 aliphatic heterocycles. The first-order valence-electron chi connectivity index (χ1n) is 7.72. The molecule has 136 valence electrons. The number of sulfonamides is 1. The third kappa shape index (κ3) is 3.51. The Balaban J connectivity index is 1.94. The van der Waals surface area contributed by atoms with Gasteiger partial charge in [0.2, 0.25) is 11.8 Å². The number of hydrogen-bond acceptors (Lipinski definition) is 4. The molecule has 0 bridgehead atoms. The number of hydrogen-bond donors (Lipinski definition) is 3. The van der Waals surface area contributed by atoms with Crippen molar-refractivity contribution in [3.8, 4) is 0 Å². The van der Waals surface area contributed by atoms with Crippen LogP contribution in [0.3, 0.4) is 0 Å². The maximum atomic E-state index is 12.6. The number of carbonyl (C=O) groups excluding carboxylic acids is 2. The predicted octanol–water partition coefficient (Wildman–Crippen LogP) is 2.98. The molecule has 0 saturated carbocycles. The highest BCUT2D eigenvalue weighted by Crippen LogP contribution is 2.30. The summed E-state index contributed by atoms with van der Waals surface area (Å²) in [4.78, 5) is 23.8. The molecule has 2 aromatic rings. The predicted molar refractivity (Wildman–Crippen MR) is 99.9 cm³/mol. The van der Waals surface area contributed by atoms with E-state index >= 15 is 0 Å². The zero-order valence-electron chi connectivity index (χ0n) is 14.0. The van der Waals surface area contributed by atoms with E-state index in [1.54, 1.807) is 12.1 Å². The molecule has 0 aliphatic carbocycles. The summed E-state index contributed by atoms with van der Waals surface area (Å²) in [6.07, 6.45) is 0. The molecule has 0 radical (unpaired) electrons. The number of benzene rings is 2. The van der Waals surface area contributed by atoms with Crippen LogP contribution in [0.1, 0.15) is 12.5 Å². The van der Waals surface area contributed by atoms with Gasteiger partial charge in [0.25, 0.3) is 10.0 Å². The van der Waals surface area contributed by atoms with Crippen molar-refractivity contribution in [3.05, 3.63) is 47.0 Å². The second-order valence-corrected chi connectivity index (χ2v) is 8.07. The standard InChI is InChI=1S/C17H16ClN3O4S/c1-9-3-4-11(7-13(9)18)21-26(24,25)12-5-6-14-15(8-12)20-17(23)10(2)16(22)19-14/h3-8,10,21H,1-2H3,(H,19,22)(H,20,23). The Hall–Kier alpha value is -2.58. The number of nitrogens with one attached hydrogen (secondary N) is 3. The van der Waals surface area contributed by atoms with Gasteiger partial charge in [0.1, 0.15) is 5.92 Å². The van der Waals surface area contributed by atoms with Gasteiger partial charge in [-0.25, -0.2) is 8.42 Å². The molecule has 3 N–H and O–H groups in total. The molecule has 1 heterocycles. The summed E-state index contributed by atoms with van der Waals surface area (Å²) in [6, 6.07) is 8.90. The van der Waals surface area contributed by atoms with Crippen LogP contribution in [0.5, 0.6) is 0 Å². The first kappa shape index (κ1) is 18.2. The van der Waals surface area contributed by atoms with Gasteiger partial charge in [0.15, 0.2) is 0 Å². The fraction of sp³-hybridized carbons (Fsp3) is 0.176. The summed E-state index contributed by atoms with van der Waals surface area (Å²) < 4.78 is 27.7. The fourth-order valence-electron chi connectivity index (χ4n) is 2.37. The smallest absolute Gasteiger partial charge is 0.261 e. The SMILES string of the molecule is Cc1ccc(NS(=O)(=O)c2ccc3c(c2)NC(=O)C(C)C(=O)N3)cc1Cl. The van der Waals surface area contributed by atoms with Gasteiger partial charge in [-0.05, 0) is 49.7 Å². The lowest BCUT2D eigenvalue weighted by Crippen LogP contribution is -2.28. The number of anilines is 3. The third-order valence-corrected chi connectivity index (χ3v) is 5.81. The summed E-state index contributed by atoms with van der Waals surface area (Å²) in [5.74, 6) is -1.84. The molecule has 2 amide bonds. The maximum absolute atomic E-state index is 12.6. The summed E-state index contributed by atoms with van der Waals surface area (Å²) in [7, 11) is -3.91. The lowest BCUT2D eigenvalue weighted by atomic mass is 10.1. The number of amides is 2. The Morgan fingerprint density at radius 2 is 1.65 bits per heavy atom. The highest BCUT2D eigenvalue weighted by Gasteiger charge is 2.27. The van der Waals surface area contributed by atoms with Gasteiger partial charge < -0.3 is 10.6 Å². The molecule has 7 nitrogen and oxygen atoms in total. The van der Waals surface area contributed by atoms with Crippen LogP contribution in [0, 0.1) is 12.8 Å². The van der Waals surface area contributed by atoms with E-state index in [9.17, 15) is 18.0 Å². The molecule has 0 saturated heterocycles. The van der Waals surface area contributed by atoms with Crippen LogP contribution in [-0.4, -0.2) is 20.2 Å². The maximum Gasteiger partial charge on any atom is 0.261 e. The summed E-state index contributed by atoms with van der Waals surface area (Å²) >= 11 is 6.02. The van der Waals surface area contributed by atoms with Crippen LogP contribution in [0.25, 0.3) is 0 Å². The van der Waals surface area contributed by atoms with Crippen molar-refractivity contribution in [2.24, 2.45) is 5.92 Å². The summed E-state index contributed by atoms with van der Waals surface area (Å²) in [5, 5.41) is 5.59. The van der Waals surface area contributed by atoms with Crippen molar-refractivity contribution < 1.29 is 18.0 Å². The number of fused-ring (bicyclic) bond motifs is 1. The van der Waals surface area contributed by atoms with Crippen LogP contribution in [0.2, 0.25) is 5.02 Å². The minimum absolute atomic E-state index is 0.0583. The van der Waals surface area contributed by atoms with Crippen molar-refractivity contribution in [1.29, 1.82) is 0 Å². The molecule has 1 unspecified atom stereocenters. The fourth-order valence-corrected chi connectivity index (χ4v) is 3.63. The third-order valence-electron chi connectivity index (χ3n) is 4.03. The van der Waals surface area contributed by atoms with Gasteiger partial charge >= 0.3 is 0 Å². The minimum atomic E-state index is -3.91. The molecule has 3 rings (SSSR count). The summed E-state index contributed by atoms with van der Waals surface area (Å²) in [5.41, 5.74) is 1.70. The molecule has 1 aliphatic rings. The molecule has 0 spiro atoms. The Labute approximate surface area is 155 Å². The van der Waals surface area contributed by atoms with Crippen LogP contribution in [-0.2, 0) is 19.6 Å². The zero-order chi connectivity index (χ0) is 19.1. The van der Waals surface area contributed by atoms with E-state index in [4.69, 9.17) is 11.6 Å². The Morgan fingerprint density at radius 1 is 1.00 bits per heavy atom. The van der Waals surface area contributed by atoms with E-state index in [2.05, 4.69) is 15.4 Å². The van der Waals surface area contributed by atoms with Crippen LogP contribution < -0.4 is 15.4 Å². The Kier molecular flexibility index (Phi) is 4.64. The largest absolute Gasteiger partial charge is 0.324 e.